The zero-order valence-electron chi connectivity index (χ0n) is 12.3. The predicted octanol–water partition coefficient (Wildman–Crippen LogP) is 2.65. The van der Waals surface area contributed by atoms with Crippen molar-refractivity contribution in [3.8, 4) is 5.75 Å². The van der Waals surface area contributed by atoms with Crippen molar-refractivity contribution < 1.29 is 4.74 Å². The Labute approximate surface area is 116 Å². The van der Waals surface area contributed by atoms with Crippen molar-refractivity contribution in [3.63, 3.8) is 0 Å². The molecule has 1 aromatic carbocycles. The lowest BCUT2D eigenvalue weighted by Crippen LogP contribution is -2.30. The molecule has 0 bridgehead atoms. The van der Waals surface area contributed by atoms with Gasteiger partial charge in [-0.25, -0.2) is 0 Å². The van der Waals surface area contributed by atoms with Crippen molar-refractivity contribution in [3.05, 3.63) is 29.3 Å². The van der Waals surface area contributed by atoms with E-state index in [-0.39, 0.29) is 0 Å². The Morgan fingerprint density at radius 3 is 2.74 bits per heavy atom. The summed E-state index contributed by atoms with van der Waals surface area (Å²) in [4.78, 5) is 0. The van der Waals surface area contributed by atoms with E-state index in [4.69, 9.17) is 4.74 Å². The Kier molecular flexibility index (Phi) is 5.23. The second kappa shape index (κ2) is 6.92. The largest absolute Gasteiger partial charge is 0.496 e. The maximum absolute atomic E-state index is 5.52. The number of hydrogen-bond donors (Lipinski definition) is 2. The van der Waals surface area contributed by atoms with Gasteiger partial charge in [-0.05, 0) is 58.3 Å². The van der Waals surface area contributed by atoms with Gasteiger partial charge in [0.2, 0.25) is 0 Å². The van der Waals surface area contributed by atoms with Crippen LogP contribution < -0.4 is 15.4 Å². The number of nitrogens with one attached hydrogen (secondary N) is 2. The van der Waals surface area contributed by atoms with Crippen molar-refractivity contribution in [1.29, 1.82) is 0 Å². The second-order valence-corrected chi connectivity index (χ2v) is 5.52. The zero-order chi connectivity index (χ0) is 13.7. The normalized spacial score (nSPS) is 18.3. The minimum Gasteiger partial charge on any atom is -0.496 e. The molecule has 1 saturated heterocycles. The maximum atomic E-state index is 5.52. The quantitative estimate of drug-likeness (QED) is 0.856. The fourth-order valence-electron chi connectivity index (χ4n) is 2.98. The number of aryl methyl sites for hydroxylation is 1. The second-order valence-electron chi connectivity index (χ2n) is 5.52. The molecule has 1 aliphatic heterocycles. The topological polar surface area (TPSA) is 33.3 Å². The Morgan fingerprint density at radius 2 is 2.11 bits per heavy atom. The van der Waals surface area contributed by atoms with Crippen LogP contribution in [-0.4, -0.2) is 27.2 Å². The van der Waals surface area contributed by atoms with E-state index in [2.05, 4.69) is 35.8 Å². The first kappa shape index (κ1) is 14.4. The van der Waals surface area contributed by atoms with Gasteiger partial charge in [0.15, 0.2) is 0 Å². The number of benzene rings is 1. The third-order valence-corrected chi connectivity index (χ3v) is 4.14. The van der Waals surface area contributed by atoms with Crippen molar-refractivity contribution in [2.45, 2.75) is 32.2 Å². The van der Waals surface area contributed by atoms with Crippen LogP contribution in [0.2, 0.25) is 0 Å². The third kappa shape index (κ3) is 3.71. The molecule has 3 nitrogen and oxygen atoms in total. The van der Waals surface area contributed by atoms with Crippen molar-refractivity contribution in [2.75, 3.05) is 27.2 Å². The molecule has 3 heteroatoms. The molecule has 1 heterocycles. The highest BCUT2D eigenvalue weighted by Gasteiger charge is 2.21. The number of methoxy groups -OCH3 is 1. The molecule has 2 N–H and O–H groups in total. The van der Waals surface area contributed by atoms with Crippen molar-refractivity contribution >= 4 is 0 Å². The third-order valence-electron chi connectivity index (χ3n) is 4.14. The van der Waals surface area contributed by atoms with E-state index >= 15 is 0 Å². The van der Waals surface area contributed by atoms with Crippen LogP contribution in [0.3, 0.4) is 0 Å². The summed E-state index contributed by atoms with van der Waals surface area (Å²) in [5.41, 5.74) is 2.59. The lowest BCUT2D eigenvalue weighted by Gasteiger charge is -2.28. The summed E-state index contributed by atoms with van der Waals surface area (Å²) < 4.78 is 5.52. The molecule has 19 heavy (non-hydrogen) atoms. The van der Waals surface area contributed by atoms with Crippen molar-refractivity contribution in [2.24, 2.45) is 5.92 Å². The summed E-state index contributed by atoms with van der Waals surface area (Å²) >= 11 is 0. The van der Waals surface area contributed by atoms with E-state index in [0.29, 0.717) is 6.04 Å². The molecule has 1 aliphatic rings. The molecular weight excluding hydrogens is 236 g/mol. The van der Waals surface area contributed by atoms with E-state index < -0.39 is 0 Å². The van der Waals surface area contributed by atoms with E-state index in [0.717, 1.165) is 24.8 Å². The highest BCUT2D eigenvalue weighted by molar-refractivity contribution is 5.39. The summed E-state index contributed by atoms with van der Waals surface area (Å²) in [7, 11) is 3.80. The number of rotatable bonds is 5. The van der Waals surface area contributed by atoms with Gasteiger partial charge >= 0.3 is 0 Å². The molecule has 0 saturated carbocycles. The molecule has 2 rings (SSSR count). The van der Waals surface area contributed by atoms with Gasteiger partial charge in [-0.3, -0.25) is 0 Å². The lowest BCUT2D eigenvalue weighted by molar-refractivity contribution is 0.312. The van der Waals surface area contributed by atoms with Crippen LogP contribution in [0.1, 0.15) is 36.4 Å². The van der Waals surface area contributed by atoms with Crippen LogP contribution >= 0.6 is 0 Å². The predicted molar refractivity (Wildman–Crippen MR) is 79.7 cm³/mol. The van der Waals surface area contributed by atoms with Gasteiger partial charge in [0, 0.05) is 11.6 Å². The van der Waals surface area contributed by atoms with E-state index in [9.17, 15) is 0 Å². The molecule has 0 spiro atoms. The molecule has 1 fully saturated rings. The van der Waals surface area contributed by atoms with Gasteiger partial charge in [-0.2, -0.15) is 0 Å². The Hall–Kier alpha value is -1.06. The van der Waals surface area contributed by atoms with Crippen LogP contribution in [0, 0.1) is 12.8 Å². The SMILES string of the molecule is CNC(CC1CCNCC1)c1cc(C)ccc1OC. The standard InChI is InChI=1S/C16H26N2O/c1-12-4-5-16(19-3)14(10-12)15(17-2)11-13-6-8-18-9-7-13/h4-5,10,13,15,17-18H,6-9,11H2,1-3H3. The van der Waals surface area contributed by atoms with Gasteiger partial charge in [0.25, 0.3) is 0 Å². The van der Waals surface area contributed by atoms with E-state index in [1.807, 2.05) is 7.05 Å². The van der Waals surface area contributed by atoms with Crippen LogP contribution in [0.4, 0.5) is 0 Å². The monoisotopic (exact) mass is 262 g/mol. The molecule has 0 aromatic heterocycles. The first-order valence-corrected chi connectivity index (χ1v) is 7.27. The fourth-order valence-corrected chi connectivity index (χ4v) is 2.98. The fraction of sp³-hybridized carbons (Fsp3) is 0.625. The summed E-state index contributed by atoms with van der Waals surface area (Å²) in [5.74, 6) is 1.81. The van der Waals surface area contributed by atoms with Crippen molar-refractivity contribution in [1.82, 2.24) is 10.6 Å². The minimum atomic E-state index is 0.387. The smallest absolute Gasteiger partial charge is 0.123 e. The first-order valence-electron chi connectivity index (χ1n) is 7.27. The van der Waals surface area contributed by atoms with Gasteiger partial charge in [-0.1, -0.05) is 17.7 Å². The Balaban J connectivity index is 2.13. The lowest BCUT2D eigenvalue weighted by atomic mass is 9.88. The Bertz CT molecular complexity index is 400. The molecule has 0 radical (unpaired) electrons. The highest BCUT2D eigenvalue weighted by atomic mass is 16.5. The number of ether oxygens (including phenoxy) is 1. The molecular formula is C16H26N2O. The van der Waals surface area contributed by atoms with E-state index in [1.165, 1.54) is 30.4 Å². The molecule has 1 aromatic rings. The van der Waals surface area contributed by atoms with E-state index in [1.54, 1.807) is 7.11 Å². The number of piperidine rings is 1. The molecule has 1 unspecified atom stereocenters. The average Bonchev–Trinajstić information content (AvgIpc) is 2.46. The average molecular weight is 262 g/mol. The maximum Gasteiger partial charge on any atom is 0.123 e. The van der Waals surface area contributed by atoms with Gasteiger partial charge in [-0.15, -0.1) is 0 Å². The Morgan fingerprint density at radius 1 is 1.37 bits per heavy atom. The van der Waals surface area contributed by atoms with Gasteiger partial charge in [0.05, 0.1) is 7.11 Å². The highest BCUT2D eigenvalue weighted by Crippen LogP contribution is 2.32. The molecule has 1 atom stereocenters. The number of hydrogen-bond acceptors (Lipinski definition) is 3. The van der Waals surface area contributed by atoms with Crippen LogP contribution in [-0.2, 0) is 0 Å². The summed E-state index contributed by atoms with van der Waals surface area (Å²) in [6.07, 6.45) is 3.76. The van der Waals surface area contributed by atoms with Crippen LogP contribution in [0.5, 0.6) is 5.75 Å². The first-order chi connectivity index (χ1) is 9.24. The summed E-state index contributed by atoms with van der Waals surface area (Å²) in [6.45, 7) is 4.46. The summed E-state index contributed by atoms with van der Waals surface area (Å²) in [5, 5.41) is 6.90. The summed E-state index contributed by atoms with van der Waals surface area (Å²) in [6, 6.07) is 6.83. The molecule has 106 valence electrons. The zero-order valence-corrected chi connectivity index (χ0v) is 12.3. The van der Waals surface area contributed by atoms with Gasteiger partial charge in [0.1, 0.15) is 5.75 Å². The van der Waals surface area contributed by atoms with Crippen LogP contribution in [0.15, 0.2) is 18.2 Å². The van der Waals surface area contributed by atoms with Gasteiger partial charge < -0.3 is 15.4 Å². The van der Waals surface area contributed by atoms with Crippen LogP contribution in [0.25, 0.3) is 0 Å². The molecule has 0 amide bonds. The minimum absolute atomic E-state index is 0.387. The molecule has 0 aliphatic carbocycles.